The van der Waals surface area contributed by atoms with Gasteiger partial charge in [-0.25, -0.2) is 14.4 Å². The van der Waals surface area contributed by atoms with Crippen molar-refractivity contribution in [1.82, 2.24) is 0 Å². The van der Waals surface area contributed by atoms with Crippen LogP contribution in [-0.2, 0) is 23.9 Å². The topological polar surface area (TPSA) is 138 Å². The third kappa shape index (κ3) is 28.4. The fourth-order valence-corrected chi connectivity index (χ4v) is 1.22. The molecule has 0 aliphatic rings. The Labute approximate surface area is 182 Å². The molecule has 0 aromatic heterocycles. The van der Waals surface area contributed by atoms with Crippen LogP contribution in [0.2, 0.25) is 0 Å². The van der Waals surface area contributed by atoms with Crippen molar-refractivity contribution >= 4 is 30.0 Å². The summed E-state index contributed by atoms with van der Waals surface area (Å²) in [5.41, 5.74) is 0.870. The summed E-state index contributed by atoms with van der Waals surface area (Å²) in [6, 6.07) is 10.0. The zero-order valence-corrected chi connectivity index (χ0v) is 17.7. The van der Waals surface area contributed by atoms with Crippen LogP contribution in [0, 0.1) is 0 Å². The second-order valence-corrected chi connectivity index (χ2v) is 5.36. The molecule has 0 heterocycles. The molecular weight excluding hydrogens is 404 g/mol. The Hall–Kier alpha value is -3.94. The van der Waals surface area contributed by atoms with E-state index in [1.807, 2.05) is 43.3 Å². The van der Waals surface area contributed by atoms with Gasteiger partial charge in [0, 0.05) is 17.7 Å². The predicted octanol–water partition coefficient (Wildman–Crippen LogP) is 4.20. The first kappa shape index (κ1) is 31.7. The number of hydrogen-bond donors (Lipinski definition) is 3. The number of aliphatic carboxylic acids is 3. The Morgan fingerprint density at radius 3 is 1.74 bits per heavy atom. The highest BCUT2D eigenvalue weighted by atomic mass is 16.5. The molecule has 0 saturated carbocycles. The van der Waals surface area contributed by atoms with Gasteiger partial charge in [0.25, 0.3) is 0 Å². The van der Waals surface area contributed by atoms with Crippen molar-refractivity contribution < 1.29 is 39.2 Å². The highest BCUT2D eigenvalue weighted by molar-refractivity contribution is 5.91. The van der Waals surface area contributed by atoms with E-state index in [-0.39, 0.29) is 11.5 Å². The molecule has 0 aliphatic carbocycles. The van der Waals surface area contributed by atoms with Crippen LogP contribution in [0.5, 0.6) is 0 Å². The molecule has 0 unspecified atom stereocenters. The molecular formula is C23H30O8. The number of carboxylic acid groups (broad SMARTS) is 3. The van der Waals surface area contributed by atoms with E-state index in [9.17, 15) is 19.2 Å². The third-order valence-electron chi connectivity index (χ3n) is 2.79. The standard InChI is InChI=1S/C8H8.C7H12O2.C5H6O4.C3H4O2/c1-2-8-6-4-3-5-7-8;1-3-5-6-9-7(8)4-2;1-3(5(8)9)2-4(6)7;1-2-3(4)5/h2-7H,1H2;4H,2-3,5-6H2,1H3;1-2H2,(H,6,7)(H,8,9);2H,1H2,(H,4,5). The maximum absolute atomic E-state index is 10.3. The fourth-order valence-electron chi connectivity index (χ4n) is 1.22. The van der Waals surface area contributed by atoms with E-state index in [0.717, 1.165) is 18.9 Å². The van der Waals surface area contributed by atoms with Gasteiger partial charge in [0.1, 0.15) is 0 Å². The molecule has 0 atom stereocenters. The van der Waals surface area contributed by atoms with Gasteiger partial charge in [-0.05, 0) is 12.0 Å². The lowest BCUT2D eigenvalue weighted by atomic mass is 10.2. The van der Waals surface area contributed by atoms with Crippen molar-refractivity contribution in [1.29, 1.82) is 0 Å². The van der Waals surface area contributed by atoms with E-state index in [2.05, 4.69) is 31.1 Å². The van der Waals surface area contributed by atoms with E-state index < -0.39 is 24.3 Å². The van der Waals surface area contributed by atoms with Crippen molar-refractivity contribution in [2.45, 2.75) is 26.2 Å². The number of hydrogen-bond acceptors (Lipinski definition) is 5. The smallest absolute Gasteiger partial charge is 0.331 e. The lowest BCUT2D eigenvalue weighted by molar-refractivity contribution is -0.139. The molecule has 0 spiro atoms. The lowest BCUT2D eigenvalue weighted by Crippen LogP contribution is -2.04. The predicted molar refractivity (Wildman–Crippen MR) is 119 cm³/mol. The second kappa shape index (κ2) is 22.4. The minimum Gasteiger partial charge on any atom is -0.481 e. The van der Waals surface area contributed by atoms with E-state index >= 15 is 0 Å². The van der Waals surface area contributed by atoms with Crippen LogP contribution in [0.15, 0.2) is 74.4 Å². The lowest BCUT2D eigenvalue weighted by Gasteiger charge is -1.97. The number of rotatable bonds is 9. The molecule has 0 aliphatic heterocycles. The molecule has 0 fully saturated rings. The van der Waals surface area contributed by atoms with E-state index in [1.165, 1.54) is 11.6 Å². The van der Waals surface area contributed by atoms with Gasteiger partial charge in [-0.1, -0.05) is 76.1 Å². The van der Waals surface area contributed by atoms with Gasteiger partial charge < -0.3 is 20.1 Å². The summed E-state index contributed by atoms with van der Waals surface area (Å²) < 4.78 is 4.67. The zero-order valence-electron chi connectivity index (χ0n) is 17.7. The molecule has 31 heavy (non-hydrogen) atoms. The van der Waals surface area contributed by atoms with Gasteiger partial charge in [-0.3, -0.25) is 4.79 Å². The number of benzene rings is 1. The van der Waals surface area contributed by atoms with Crippen molar-refractivity contribution in [3.05, 3.63) is 79.9 Å². The largest absolute Gasteiger partial charge is 0.481 e. The Morgan fingerprint density at radius 1 is 0.968 bits per heavy atom. The fraction of sp³-hybridized carbons (Fsp3) is 0.217. The zero-order chi connectivity index (χ0) is 24.7. The Balaban J connectivity index is -0.000000344. The maximum Gasteiger partial charge on any atom is 0.331 e. The molecule has 3 N–H and O–H groups in total. The average molecular weight is 434 g/mol. The third-order valence-corrected chi connectivity index (χ3v) is 2.79. The Kier molecular flexibility index (Phi) is 22.9. The molecule has 1 aromatic carbocycles. The molecule has 170 valence electrons. The average Bonchev–Trinajstić information content (AvgIpc) is 2.75. The van der Waals surface area contributed by atoms with Crippen LogP contribution >= 0.6 is 0 Å². The van der Waals surface area contributed by atoms with Crippen molar-refractivity contribution in [3.63, 3.8) is 0 Å². The molecule has 0 bridgehead atoms. The monoisotopic (exact) mass is 434 g/mol. The highest BCUT2D eigenvalue weighted by Gasteiger charge is 2.07. The quantitative estimate of drug-likeness (QED) is 0.298. The molecule has 1 rings (SSSR count). The molecule has 0 radical (unpaired) electrons. The Morgan fingerprint density at radius 2 is 1.48 bits per heavy atom. The van der Waals surface area contributed by atoms with Gasteiger partial charge in [0.15, 0.2) is 0 Å². The number of ether oxygens (including phenoxy) is 1. The van der Waals surface area contributed by atoms with Crippen LogP contribution in [0.3, 0.4) is 0 Å². The van der Waals surface area contributed by atoms with Crippen molar-refractivity contribution in [2.75, 3.05) is 6.61 Å². The van der Waals surface area contributed by atoms with Crippen LogP contribution in [0.4, 0.5) is 0 Å². The molecule has 8 nitrogen and oxygen atoms in total. The molecule has 0 amide bonds. The Bertz CT molecular complexity index is 720. The minimum atomic E-state index is -1.27. The minimum absolute atomic E-state index is 0.303. The maximum atomic E-state index is 10.3. The van der Waals surface area contributed by atoms with Crippen LogP contribution in [-0.4, -0.2) is 45.8 Å². The number of unbranched alkanes of at least 4 members (excludes halogenated alkanes) is 1. The van der Waals surface area contributed by atoms with E-state index in [0.29, 0.717) is 6.61 Å². The molecule has 1 aromatic rings. The number of carbonyl (C=O) groups is 4. The van der Waals surface area contributed by atoms with E-state index in [4.69, 9.17) is 15.3 Å². The highest BCUT2D eigenvalue weighted by Crippen LogP contribution is 1.97. The summed E-state index contributed by atoms with van der Waals surface area (Å²) in [6.45, 7) is 15.4. The summed E-state index contributed by atoms with van der Waals surface area (Å²) in [4.78, 5) is 39.3. The first-order valence-electron chi connectivity index (χ1n) is 9.00. The summed E-state index contributed by atoms with van der Waals surface area (Å²) in [5.74, 6) is -3.76. The molecule has 8 heteroatoms. The van der Waals surface area contributed by atoms with Crippen LogP contribution in [0.1, 0.15) is 31.7 Å². The van der Waals surface area contributed by atoms with Gasteiger partial charge in [-0.2, -0.15) is 0 Å². The summed E-state index contributed by atoms with van der Waals surface area (Å²) in [6.07, 6.45) is 5.31. The van der Waals surface area contributed by atoms with Gasteiger partial charge in [-0.15, -0.1) is 0 Å². The normalized spacial score (nSPS) is 8.16. The summed E-state index contributed by atoms with van der Waals surface area (Å²) in [7, 11) is 0. The number of esters is 1. The first-order valence-corrected chi connectivity index (χ1v) is 9.00. The van der Waals surface area contributed by atoms with Crippen LogP contribution < -0.4 is 0 Å². The van der Waals surface area contributed by atoms with E-state index in [1.54, 1.807) is 0 Å². The van der Waals surface area contributed by atoms with Crippen molar-refractivity contribution in [3.8, 4) is 0 Å². The van der Waals surface area contributed by atoms with Crippen LogP contribution in [0.25, 0.3) is 6.08 Å². The van der Waals surface area contributed by atoms with Gasteiger partial charge >= 0.3 is 23.9 Å². The summed E-state index contributed by atoms with van der Waals surface area (Å²) >= 11 is 0. The van der Waals surface area contributed by atoms with Gasteiger partial charge in [0.05, 0.1) is 13.0 Å². The number of carboxylic acids is 3. The first-order chi connectivity index (χ1) is 14.5. The summed E-state index contributed by atoms with van der Waals surface area (Å²) in [5, 5.41) is 23.7. The number of carbonyl (C=O) groups excluding carboxylic acids is 1. The SMILES string of the molecule is C=C(CC(=O)O)C(=O)O.C=CC(=O)O.C=CC(=O)OCCCC.C=Cc1ccccc1. The molecule has 0 saturated heterocycles. The second-order valence-electron chi connectivity index (χ2n) is 5.36. The van der Waals surface area contributed by atoms with Crippen molar-refractivity contribution in [2.24, 2.45) is 0 Å². The van der Waals surface area contributed by atoms with Gasteiger partial charge in [0.2, 0.25) is 0 Å².